The third-order valence-electron chi connectivity index (χ3n) is 3.64. The molecule has 1 atom stereocenters. The summed E-state index contributed by atoms with van der Waals surface area (Å²) in [5.74, 6) is -0.793. The normalized spacial score (nSPS) is 17.8. The van der Waals surface area contributed by atoms with Crippen LogP contribution in [0.4, 0.5) is 5.69 Å². The molecule has 22 heavy (non-hydrogen) atoms. The number of rotatable bonds is 3. The first-order valence-electron chi connectivity index (χ1n) is 6.77. The molecule has 0 bridgehead atoms. The fraction of sp³-hybridized carbons (Fsp3) is 0.267. The maximum Gasteiger partial charge on any atom is 0.311 e. The SMILES string of the molecule is COC(=O)C1CC(=O)N(c2ccc(-n3cc(Br)cn3)cc2)C1. The van der Waals surface area contributed by atoms with Crippen LogP contribution in [-0.2, 0) is 14.3 Å². The van der Waals surface area contributed by atoms with Crippen LogP contribution in [0.15, 0.2) is 41.1 Å². The minimum absolute atomic E-state index is 0.0648. The Bertz CT molecular complexity index is 711. The van der Waals surface area contributed by atoms with E-state index in [1.165, 1.54) is 7.11 Å². The summed E-state index contributed by atoms with van der Waals surface area (Å²) in [6.45, 7) is 0.359. The fourth-order valence-corrected chi connectivity index (χ4v) is 2.79. The van der Waals surface area contributed by atoms with Crippen molar-refractivity contribution in [3.8, 4) is 5.69 Å². The van der Waals surface area contributed by atoms with Crippen LogP contribution in [0.3, 0.4) is 0 Å². The minimum Gasteiger partial charge on any atom is -0.469 e. The summed E-state index contributed by atoms with van der Waals surface area (Å²) in [7, 11) is 1.34. The highest BCUT2D eigenvalue weighted by Crippen LogP contribution is 2.26. The van der Waals surface area contributed by atoms with E-state index in [9.17, 15) is 9.59 Å². The maximum atomic E-state index is 12.1. The molecule has 1 amide bonds. The number of benzene rings is 1. The zero-order chi connectivity index (χ0) is 15.7. The number of amides is 1. The summed E-state index contributed by atoms with van der Waals surface area (Å²) < 4.78 is 7.34. The Kier molecular flexibility index (Phi) is 3.98. The van der Waals surface area contributed by atoms with Gasteiger partial charge >= 0.3 is 5.97 Å². The van der Waals surface area contributed by atoms with Gasteiger partial charge in [-0.3, -0.25) is 9.59 Å². The molecule has 1 aliphatic rings. The Morgan fingerprint density at radius 2 is 2.00 bits per heavy atom. The molecular formula is C15H14BrN3O3. The van der Waals surface area contributed by atoms with Gasteiger partial charge < -0.3 is 9.64 Å². The molecule has 0 spiro atoms. The van der Waals surface area contributed by atoms with Crippen LogP contribution in [0.2, 0.25) is 0 Å². The van der Waals surface area contributed by atoms with Gasteiger partial charge in [-0.05, 0) is 40.2 Å². The highest BCUT2D eigenvalue weighted by Gasteiger charge is 2.35. The molecule has 2 aromatic rings. The highest BCUT2D eigenvalue weighted by molar-refractivity contribution is 9.10. The third kappa shape index (κ3) is 2.76. The van der Waals surface area contributed by atoms with Gasteiger partial charge in [0.2, 0.25) is 5.91 Å². The van der Waals surface area contributed by atoms with Gasteiger partial charge in [0.15, 0.2) is 0 Å². The van der Waals surface area contributed by atoms with Crippen LogP contribution in [0, 0.1) is 5.92 Å². The first-order valence-corrected chi connectivity index (χ1v) is 7.56. The molecule has 1 fully saturated rings. The number of anilines is 1. The molecule has 0 radical (unpaired) electrons. The smallest absolute Gasteiger partial charge is 0.311 e. The summed E-state index contributed by atoms with van der Waals surface area (Å²) in [6, 6.07) is 7.46. The van der Waals surface area contributed by atoms with Crippen molar-refractivity contribution in [1.82, 2.24) is 9.78 Å². The predicted molar refractivity (Wildman–Crippen MR) is 83.7 cm³/mol. The van der Waals surface area contributed by atoms with Gasteiger partial charge in [0.1, 0.15) is 0 Å². The number of carbonyl (C=O) groups is 2. The van der Waals surface area contributed by atoms with Gasteiger partial charge in [0, 0.05) is 24.8 Å². The first-order chi connectivity index (χ1) is 10.6. The summed E-state index contributed by atoms with van der Waals surface area (Å²) >= 11 is 3.35. The van der Waals surface area contributed by atoms with E-state index >= 15 is 0 Å². The van der Waals surface area contributed by atoms with Crippen molar-refractivity contribution in [3.63, 3.8) is 0 Å². The second-order valence-corrected chi connectivity index (χ2v) is 5.96. The molecule has 7 heteroatoms. The number of halogens is 1. The molecule has 1 unspecified atom stereocenters. The van der Waals surface area contributed by atoms with Crippen LogP contribution < -0.4 is 4.90 Å². The summed E-state index contributed by atoms with van der Waals surface area (Å²) in [4.78, 5) is 25.2. The van der Waals surface area contributed by atoms with Gasteiger partial charge in [-0.2, -0.15) is 5.10 Å². The first kappa shape index (κ1) is 14.8. The van der Waals surface area contributed by atoms with Gasteiger partial charge in [-0.25, -0.2) is 4.68 Å². The lowest BCUT2D eigenvalue weighted by molar-refractivity contribution is -0.145. The van der Waals surface area contributed by atoms with Crippen molar-refractivity contribution in [2.75, 3.05) is 18.6 Å². The lowest BCUT2D eigenvalue weighted by Gasteiger charge is -2.16. The minimum atomic E-state index is -0.390. The van der Waals surface area contributed by atoms with Crippen LogP contribution in [0.25, 0.3) is 5.69 Å². The maximum absolute atomic E-state index is 12.1. The zero-order valence-corrected chi connectivity index (χ0v) is 13.5. The average molecular weight is 364 g/mol. The van der Waals surface area contributed by atoms with Crippen LogP contribution in [0.5, 0.6) is 0 Å². The molecule has 3 rings (SSSR count). The number of aromatic nitrogens is 2. The summed E-state index contributed by atoms with van der Waals surface area (Å²) in [6.07, 6.45) is 3.75. The molecule has 1 saturated heterocycles. The monoisotopic (exact) mass is 363 g/mol. The molecule has 0 N–H and O–H groups in total. The van der Waals surface area contributed by atoms with Gasteiger partial charge in [0.25, 0.3) is 0 Å². The van der Waals surface area contributed by atoms with E-state index in [1.807, 2.05) is 30.5 Å². The second-order valence-electron chi connectivity index (χ2n) is 5.05. The van der Waals surface area contributed by atoms with E-state index in [-0.39, 0.29) is 24.2 Å². The van der Waals surface area contributed by atoms with Crippen LogP contribution in [0.1, 0.15) is 6.42 Å². The predicted octanol–water partition coefficient (Wildman–Crippen LogP) is 2.16. The average Bonchev–Trinajstić information content (AvgIpc) is 3.13. The molecule has 2 heterocycles. The molecule has 1 aromatic carbocycles. The number of methoxy groups -OCH3 is 1. The molecule has 0 aliphatic carbocycles. The van der Waals surface area contributed by atoms with E-state index in [0.717, 1.165) is 15.8 Å². The molecule has 0 saturated carbocycles. The van der Waals surface area contributed by atoms with Gasteiger partial charge in [-0.1, -0.05) is 0 Å². The fourth-order valence-electron chi connectivity index (χ4n) is 2.51. The van der Waals surface area contributed by atoms with Crippen molar-refractivity contribution in [3.05, 3.63) is 41.1 Å². The van der Waals surface area contributed by atoms with Crippen molar-refractivity contribution in [2.45, 2.75) is 6.42 Å². The molecule has 114 valence electrons. The Balaban J connectivity index is 1.78. The van der Waals surface area contributed by atoms with Crippen molar-refractivity contribution < 1.29 is 14.3 Å². The third-order valence-corrected chi connectivity index (χ3v) is 4.05. The molecule has 1 aromatic heterocycles. The highest BCUT2D eigenvalue weighted by atomic mass is 79.9. The number of hydrogen-bond acceptors (Lipinski definition) is 4. The number of nitrogens with zero attached hydrogens (tertiary/aromatic N) is 3. The van der Waals surface area contributed by atoms with E-state index < -0.39 is 0 Å². The van der Waals surface area contributed by atoms with Crippen LogP contribution >= 0.6 is 15.9 Å². The molecular weight excluding hydrogens is 350 g/mol. The largest absolute Gasteiger partial charge is 0.469 e. The Hall–Kier alpha value is -2.15. The van der Waals surface area contributed by atoms with E-state index in [1.54, 1.807) is 15.8 Å². The molecule has 1 aliphatic heterocycles. The quantitative estimate of drug-likeness (QED) is 0.783. The van der Waals surface area contributed by atoms with Crippen LogP contribution in [-0.4, -0.2) is 35.3 Å². The van der Waals surface area contributed by atoms with E-state index in [2.05, 4.69) is 21.0 Å². The van der Waals surface area contributed by atoms with Crippen molar-refractivity contribution in [2.24, 2.45) is 5.92 Å². The zero-order valence-electron chi connectivity index (χ0n) is 11.9. The number of hydrogen-bond donors (Lipinski definition) is 0. The number of ether oxygens (including phenoxy) is 1. The number of esters is 1. The Labute approximate surface area is 135 Å². The standard InChI is InChI=1S/C15H14BrN3O3/c1-22-15(21)10-6-14(20)18(8-10)12-2-4-13(5-3-12)19-9-11(16)7-17-19/h2-5,7,9-10H,6,8H2,1H3. The van der Waals surface area contributed by atoms with Gasteiger partial charge in [-0.15, -0.1) is 0 Å². The number of carbonyl (C=O) groups excluding carboxylic acids is 2. The van der Waals surface area contributed by atoms with Crippen molar-refractivity contribution >= 4 is 33.5 Å². The summed E-state index contributed by atoms with van der Waals surface area (Å²) in [5, 5.41) is 4.20. The van der Waals surface area contributed by atoms with E-state index in [0.29, 0.717) is 6.54 Å². The Morgan fingerprint density at radius 3 is 2.59 bits per heavy atom. The lowest BCUT2D eigenvalue weighted by Crippen LogP contribution is -2.26. The Morgan fingerprint density at radius 1 is 1.32 bits per heavy atom. The van der Waals surface area contributed by atoms with Gasteiger partial charge in [0.05, 0.1) is 29.4 Å². The van der Waals surface area contributed by atoms with Crippen molar-refractivity contribution in [1.29, 1.82) is 0 Å². The molecule has 6 nitrogen and oxygen atoms in total. The second kappa shape index (κ2) is 5.92. The summed E-state index contributed by atoms with van der Waals surface area (Å²) in [5.41, 5.74) is 1.66. The van der Waals surface area contributed by atoms with E-state index in [4.69, 9.17) is 4.74 Å². The topological polar surface area (TPSA) is 64.4 Å². The lowest BCUT2D eigenvalue weighted by atomic mass is 10.1.